The van der Waals surface area contributed by atoms with Crippen molar-refractivity contribution in [1.29, 1.82) is 0 Å². The van der Waals surface area contributed by atoms with Crippen molar-refractivity contribution >= 4 is 23.4 Å². The maximum absolute atomic E-state index is 13.1. The average molecular weight is 391 g/mol. The Labute approximate surface area is 162 Å². The lowest BCUT2D eigenvalue weighted by Crippen LogP contribution is -2.54. The molecule has 8 nitrogen and oxygen atoms in total. The van der Waals surface area contributed by atoms with Crippen LogP contribution in [0.1, 0.15) is 41.9 Å². The van der Waals surface area contributed by atoms with E-state index in [0.29, 0.717) is 17.3 Å². The first-order chi connectivity index (χ1) is 12.9. The summed E-state index contributed by atoms with van der Waals surface area (Å²) in [7, 11) is 3.54. The number of likely N-dealkylation sites (tertiary alicyclic amines) is 1. The molecule has 0 bridgehead atoms. The van der Waals surface area contributed by atoms with E-state index in [-0.39, 0.29) is 29.8 Å². The number of halogens is 1. The molecule has 2 aliphatic rings. The maximum Gasteiger partial charge on any atom is 0.274 e. The molecule has 2 fully saturated rings. The van der Waals surface area contributed by atoms with Crippen LogP contribution in [0.5, 0.6) is 0 Å². The molecule has 1 N–H and O–H groups in total. The normalized spacial score (nSPS) is 24.3. The van der Waals surface area contributed by atoms with Crippen LogP contribution < -0.4 is 5.32 Å². The van der Waals surface area contributed by atoms with Gasteiger partial charge in [0.2, 0.25) is 5.91 Å². The summed E-state index contributed by atoms with van der Waals surface area (Å²) in [4.78, 5) is 27.6. The number of nitrogens with one attached hydrogen (secondary N) is 1. The molecule has 1 aliphatic carbocycles. The van der Waals surface area contributed by atoms with E-state index in [1.54, 1.807) is 17.9 Å². The van der Waals surface area contributed by atoms with Crippen molar-refractivity contribution in [2.24, 2.45) is 14.1 Å². The van der Waals surface area contributed by atoms with Crippen LogP contribution in [0.4, 0.5) is 0 Å². The molecule has 27 heavy (non-hydrogen) atoms. The van der Waals surface area contributed by atoms with Crippen LogP contribution in [0, 0.1) is 0 Å². The SMILES string of the molecule is Cn1nccc1CC(=O)NC12CCCC1N(C(=O)c1c(Cl)cnn1C)CC2. The highest BCUT2D eigenvalue weighted by molar-refractivity contribution is 6.33. The number of hydrogen-bond acceptors (Lipinski definition) is 4. The van der Waals surface area contributed by atoms with E-state index in [9.17, 15) is 9.59 Å². The zero-order valence-corrected chi connectivity index (χ0v) is 16.2. The molecule has 2 atom stereocenters. The third-order valence-electron chi connectivity index (χ3n) is 5.92. The second-order valence-electron chi connectivity index (χ2n) is 7.45. The number of rotatable bonds is 4. The highest BCUT2D eigenvalue weighted by atomic mass is 35.5. The Morgan fingerprint density at radius 1 is 1.30 bits per heavy atom. The van der Waals surface area contributed by atoms with Crippen molar-refractivity contribution < 1.29 is 9.59 Å². The molecule has 1 saturated carbocycles. The van der Waals surface area contributed by atoms with E-state index in [0.717, 1.165) is 31.4 Å². The van der Waals surface area contributed by atoms with Gasteiger partial charge in [-0.05, 0) is 31.7 Å². The molecule has 0 spiro atoms. The van der Waals surface area contributed by atoms with Crippen molar-refractivity contribution in [2.75, 3.05) is 6.54 Å². The zero-order valence-electron chi connectivity index (χ0n) is 15.5. The Morgan fingerprint density at radius 3 is 2.78 bits per heavy atom. The van der Waals surface area contributed by atoms with Gasteiger partial charge in [0.25, 0.3) is 5.91 Å². The van der Waals surface area contributed by atoms with Gasteiger partial charge in [0.15, 0.2) is 0 Å². The van der Waals surface area contributed by atoms with E-state index < -0.39 is 0 Å². The van der Waals surface area contributed by atoms with Crippen LogP contribution >= 0.6 is 11.6 Å². The Bertz CT molecular complexity index is 871. The fourth-order valence-corrected chi connectivity index (χ4v) is 4.82. The van der Waals surface area contributed by atoms with Gasteiger partial charge in [0.05, 0.1) is 29.2 Å². The third-order valence-corrected chi connectivity index (χ3v) is 6.20. The number of nitrogens with zero attached hydrogens (tertiary/aromatic N) is 5. The molecule has 2 amide bonds. The monoisotopic (exact) mass is 390 g/mol. The number of hydrogen-bond donors (Lipinski definition) is 1. The van der Waals surface area contributed by atoms with E-state index in [2.05, 4.69) is 15.5 Å². The first kappa shape index (κ1) is 18.0. The maximum atomic E-state index is 13.1. The summed E-state index contributed by atoms with van der Waals surface area (Å²) in [6.07, 6.45) is 6.97. The summed E-state index contributed by atoms with van der Waals surface area (Å²) >= 11 is 6.17. The number of aromatic nitrogens is 4. The summed E-state index contributed by atoms with van der Waals surface area (Å²) in [6.45, 7) is 0.608. The molecular weight excluding hydrogens is 368 g/mol. The summed E-state index contributed by atoms with van der Waals surface area (Å²) in [5.74, 6) is -0.145. The number of carbonyl (C=O) groups is 2. The molecule has 2 unspecified atom stereocenters. The van der Waals surface area contributed by atoms with Gasteiger partial charge < -0.3 is 10.2 Å². The predicted molar refractivity (Wildman–Crippen MR) is 99.3 cm³/mol. The minimum atomic E-state index is -0.351. The minimum absolute atomic E-state index is 0.00791. The van der Waals surface area contributed by atoms with Gasteiger partial charge >= 0.3 is 0 Å². The highest BCUT2D eigenvalue weighted by Gasteiger charge is 2.53. The van der Waals surface area contributed by atoms with Crippen LogP contribution in [0.25, 0.3) is 0 Å². The van der Waals surface area contributed by atoms with Gasteiger partial charge in [-0.25, -0.2) is 0 Å². The second kappa shape index (κ2) is 6.67. The largest absolute Gasteiger partial charge is 0.348 e. The van der Waals surface area contributed by atoms with Crippen LogP contribution in [0.15, 0.2) is 18.5 Å². The minimum Gasteiger partial charge on any atom is -0.348 e. The molecule has 144 valence electrons. The Morgan fingerprint density at radius 2 is 2.11 bits per heavy atom. The molecule has 1 aliphatic heterocycles. The molecule has 9 heteroatoms. The molecule has 2 aromatic rings. The summed E-state index contributed by atoms with van der Waals surface area (Å²) < 4.78 is 3.22. The smallest absolute Gasteiger partial charge is 0.274 e. The van der Waals surface area contributed by atoms with E-state index in [1.807, 2.05) is 18.0 Å². The molecular formula is C18H23ClN6O2. The van der Waals surface area contributed by atoms with Gasteiger partial charge in [-0.1, -0.05) is 11.6 Å². The van der Waals surface area contributed by atoms with Crippen LogP contribution in [0.3, 0.4) is 0 Å². The fourth-order valence-electron chi connectivity index (χ4n) is 4.58. The van der Waals surface area contributed by atoms with E-state index in [1.165, 1.54) is 10.9 Å². The van der Waals surface area contributed by atoms with Crippen molar-refractivity contribution in [1.82, 2.24) is 29.8 Å². The number of amides is 2. The molecule has 4 rings (SSSR count). The molecule has 1 saturated heterocycles. The first-order valence-corrected chi connectivity index (χ1v) is 9.55. The van der Waals surface area contributed by atoms with Crippen molar-refractivity contribution in [3.8, 4) is 0 Å². The molecule has 0 radical (unpaired) electrons. The van der Waals surface area contributed by atoms with Crippen molar-refractivity contribution in [3.63, 3.8) is 0 Å². The Kier molecular flexibility index (Phi) is 4.46. The number of aryl methyl sites for hydroxylation is 2. The third kappa shape index (κ3) is 3.01. The number of fused-ring (bicyclic) bond motifs is 1. The molecule has 3 heterocycles. The Balaban J connectivity index is 1.51. The predicted octanol–water partition coefficient (Wildman–Crippen LogP) is 1.30. The average Bonchev–Trinajstić information content (AvgIpc) is 3.34. The lowest BCUT2D eigenvalue weighted by atomic mass is 9.92. The fraction of sp³-hybridized carbons (Fsp3) is 0.556. The molecule has 0 aromatic carbocycles. The van der Waals surface area contributed by atoms with Crippen LogP contribution in [-0.4, -0.2) is 54.4 Å². The number of carbonyl (C=O) groups excluding carboxylic acids is 2. The zero-order chi connectivity index (χ0) is 19.2. The quantitative estimate of drug-likeness (QED) is 0.852. The first-order valence-electron chi connectivity index (χ1n) is 9.18. The standard InChI is InChI=1S/C18H23ClN6O2/c1-23-12(5-8-20-23)10-15(26)22-18-6-3-4-14(18)25(9-7-18)17(27)16-13(19)11-21-24(16)2/h5,8,11,14H,3-4,6-7,9-10H2,1-2H3,(H,22,26). The summed E-state index contributed by atoms with van der Waals surface area (Å²) in [6, 6.07) is 1.84. The van der Waals surface area contributed by atoms with Crippen LogP contribution in [-0.2, 0) is 25.3 Å². The topological polar surface area (TPSA) is 85.1 Å². The Hall–Kier alpha value is -2.35. The van der Waals surface area contributed by atoms with E-state index >= 15 is 0 Å². The lowest BCUT2D eigenvalue weighted by molar-refractivity contribution is -0.122. The van der Waals surface area contributed by atoms with Crippen LogP contribution in [0.2, 0.25) is 5.02 Å². The van der Waals surface area contributed by atoms with E-state index in [4.69, 9.17) is 11.6 Å². The summed E-state index contributed by atoms with van der Waals surface area (Å²) in [5.41, 5.74) is 0.919. The molecule has 2 aromatic heterocycles. The van der Waals surface area contributed by atoms with Crippen molar-refractivity contribution in [3.05, 3.63) is 34.9 Å². The van der Waals surface area contributed by atoms with Gasteiger partial charge in [0.1, 0.15) is 5.69 Å². The van der Waals surface area contributed by atoms with Gasteiger partial charge in [-0.15, -0.1) is 0 Å². The lowest BCUT2D eigenvalue weighted by Gasteiger charge is -2.33. The van der Waals surface area contributed by atoms with Gasteiger partial charge in [-0.3, -0.25) is 19.0 Å². The highest BCUT2D eigenvalue weighted by Crippen LogP contribution is 2.42. The van der Waals surface area contributed by atoms with Gasteiger partial charge in [0, 0.05) is 32.5 Å². The van der Waals surface area contributed by atoms with Crippen molar-refractivity contribution in [2.45, 2.75) is 43.7 Å². The van der Waals surface area contributed by atoms with Gasteiger partial charge in [-0.2, -0.15) is 10.2 Å². The second-order valence-corrected chi connectivity index (χ2v) is 7.86. The summed E-state index contributed by atoms with van der Waals surface area (Å²) in [5, 5.41) is 11.8.